The maximum absolute atomic E-state index is 3.18. The second kappa shape index (κ2) is 6.59. The minimum absolute atomic E-state index is 0.950. The SMILES string of the molecule is CCCN(C)Cc1cccc(CNC)c1. The highest BCUT2D eigenvalue weighted by molar-refractivity contribution is 5.23. The predicted molar refractivity (Wildman–Crippen MR) is 65.8 cm³/mol. The van der Waals surface area contributed by atoms with Gasteiger partial charge in [0.15, 0.2) is 0 Å². The smallest absolute Gasteiger partial charge is 0.0230 e. The van der Waals surface area contributed by atoms with Crippen molar-refractivity contribution in [3.05, 3.63) is 35.4 Å². The minimum Gasteiger partial charge on any atom is -0.316 e. The zero-order valence-corrected chi connectivity index (χ0v) is 10.1. The Balaban J connectivity index is 2.56. The third-order valence-electron chi connectivity index (χ3n) is 2.43. The topological polar surface area (TPSA) is 15.3 Å². The molecule has 0 aliphatic heterocycles. The number of nitrogens with one attached hydrogen (secondary N) is 1. The molecular formula is C13H22N2. The Morgan fingerprint density at radius 3 is 2.67 bits per heavy atom. The molecule has 0 unspecified atom stereocenters. The quantitative estimate of drug-likeness (QED) is 0.768. The molecule has 0 bridgehead atoms. The number of benzene rings is 1. The van der Waals surface area contributed by atoms with Gasteiger partial charge in [-0.3, -0.25) is 0 Å². The molecule has 0 spiro atoms. The van der Waals surface area contributed by atoms with Crippen LogP contribution < -0.4 is 5.32 Å². The summed E-state index contributed by atoms with van der Waals surface area (Å²) in [7, 11) is 4.16. The standard InChI is InChI=1S/C13H22N2/c1-4-8-15(3)11-13-7-5-6-12(9-13)10-14-2/h5-7,9,14H,4,8,10-11H2,1-3H3. The van der Waals surface area contributed by atoms with Crippen LogP contribution in [0.3, 0.4) is 0 Å². The highest BCUT2D eigenvalue weighted by Gasteiger charge is 1.99. The lowest BCUT2D eigenvalue weighted by atomic mass is 10.1. The maximum Gasteiger partial charge on any atom is 0.0230 e. The van der Waals surface area contributed by atoms with Crippen LogP contribution in [0.1, 0.15) is 24.5 Å². The first-order valence-electron chi connectivity index (χ1n) is 5.67. The van der Waals surface area contributed by atoms with E-state index < -0.39 is 0 Å². The molecule has 0 saturated heterocycles. The fourth-order valence-electron chi connectivity index (χ4n) is 1.81. The molecule has 84 valence electrons. The monoisotopic (exact) mass is 206 g/mol. The molecule has 0 amide bonds. The average Bonchev–Trinajstić information content (AvgIpc) is 2.19. The summed E-state index contributed by atoms with van der Waals surface area (Å²) < 4.78 is 0. The van der Waals surface area contributed by atoms with Gasteiger partial charge in [0.2, 0.25) is 0 Å². The normalized spacial score (nSPS) is 10.9. The van der Waals surface area contributed by atoms with Crippen LogP contribution in [0.2, 0.25) is 0 Å². The van der Waals surface area contributed by atoms with Crippen LogP contribution in [-0.2, 0) is 13.1 Å². The molecule has 0 aliphatic carbocycles. The Kier molecular flexibility index (Phi) is 5.37. The van der Waals surface area contributed by atoms with Crippen molar-refractivity contribution in [3.63, 3.8) is 0 Å². The Bertz CT molecular complexity index is 284. The van der Waals surface area contributed by atoms with Crippen LogP contribution in [0.25, 0.3) is 0 Å². The molecule has 1 aromatic carbocycles. The van der Waals surface area contributed by atoms with Crippen molar-refractivity contribution in [2.24, 2.45) is 0 Å². The molecule has 15 heavy (non-hydrogen) atoms. The molecule has 1 rings (SSSR count). The summed E-state index contributed by atoms with van der Waals surface area (Å²) >= 11 is 0. The summed E-state index contributed by atoms with van der Waals surface area (Å²) in [6.45, 7) is 5.38. The summed E-state index contributed by atoms with van der Waals surface area (Å²) in [4.78, 5) is 2.36. The molecule has 2 nitrogen and oxygen atoms in total. The Morgan fingerprint density at radius 1 is 1.27 bits per heavy atom. The highest BCUT2D eigenvalue weighted by Crippen LogP contribution is 2.07. The molecule has 1 N–H and O–H groups in total. The predicted octanol–water partition coefficient (Wildman–Crippen LogP) is 2.25. The Hall–Kier alpha value is -0.860. The van der Waals surface area contributed by atoms with Gasteiger partial charge in [0, 0.05) is 13.1 Å². The molecule has 0 saturated carbocycles. The van der Waals surface area contributed by atoms with Crippen molar-refractivity contribution in [2.75, 3.05) is 20.6 Å². The van der Waals surface area contributed by atoms with Crippen LogP contribution in [0.4, 0.5) is 0 Å². The highest BCUT2D eigenvalue weighted by atomic mass is 15.1. The van der Waals surface area contributed by atoms with E-state index in [0.717, 1.165) is 19.6 Å². The largest absolute Gasteiger partial charge is 0.316 e. The van der Waals surface area contributed by atoms with E-state index in [9.17, 15) is 0 Å². The van der Waals surface area contributed by atoms with E-state index in [2.05, 4.69) is 48.5 Å². The second-order valence-corrected chi connectivity index (χ2v) is 4.09. The second-order valence-electron chi connectivity index (χ2n) is 4.09. The van der Waals surface area contributed by atoms with Gasteiger partial charge in [-0.25, -0.2) is 0 Å². The first-order chi connectivity index (χ1) is 7.26. The van der Waals surface area contributed by atoms with Gasteiger partial charge in [0.05, 0.1) is 0 Å². The molecule has 1 aromatic rings. The number of nitrogens with zero attached hydrogens (tertiary/aromatic N) is 1. The number of rotatable bonds is 6. The van der Waals surface area contributed by atoms with Crippen molar-refractivity contribution >= 4 is 0 Å². The summed E-state index contributed by atoms with van der Waals surface area (Å²) in [5, 5.41) is 3.18. The summed E-state index contributed by atoms with van der Waals surface area (Å²) in [5.74, 6) is 0. The van der Waals surface area contributed by atoms with Crippen LogP contribution in [0, 0.1) is 0 Å². The summed E-state index contributed by atoms with van der Waals surface area (Å²) in [6.07, 6.45) is 1.21. The fraction of sp³-hybridized carbons (Fsp3) is 0.538. The third-order valence-corrected chi connectivity index (χ3v) is 2.43. The van der Waals surface area contributed by atoms with E-state index in [1.54, 1.807) is 0 Å². The van der Waals surface area contributed by atoms with Crippen molar-refractivity contribution in [1.82, 2.24) is 10.2 Å². The van der Waals surface area contributed by atoms with Gasteiger partial charge in [0.25, 0.3) is 0 Å². The number of hydrogen-bond donors (Lipinski definition) is 1. The summed E-state index contributed by atoms with van der Waals surface area (Å²) in [5.41, 5.74) is 2.76. The lowest BCUT2D eigenvalue weighted by molar-refractivity contribution is 0.327. The fourth-order valence-corrected chi connectivity index (χ4v) is 1.81. The zero-order chi connectivity index (χ0) is 11.1. The first-order valence-corrected chi connectivity index (χ1v) is 5.67. The van der Waals surface area contributed by atoms with Crippen molar-refractivity contribution in [1.29, 1.82) is 0 Å². The molecular weight excluding hydrogens is 184 g/mol. The van der Waals surface area contributed by atoms with Gasteiger partial charge >= 0.3 is 0 Å². The van der Waals surface area contributed by atoms with E-state index in [-0.39, 0.29) is 0 Å². The molecule has 0 heterocycles. The Morgan fingerprint density at radius 2 is 2.00 bits per heavy atom. The van der Waals surface area contributed by atoms with Crippen molar-refractivity contribution < 1.29 is 0 Å². The minimum atomic E-state index is 0.950. The molecule has 0 radical (unpaired) electrons. The van der Waals surface area contributed by atoms with Gasteiger partial charge in [-0.05, 0) is 38.2 Å². The maximum atomic E-state index is 3.18. The zero-order valence-electron chi connectivity index (χ0n) is 10.1. The molecule has 0 aromatic heterocycles. The van der Waals surface area contributed by atoms with Gasteiger partial charge in [-0.15, -0.1) is 0 Å². The molecule has 0 fully saturated rings. The van der Waals surface area contributed by atoms with Crippen LogP contribution in [0.5, 0.6) is 0 Å². The van der Waals surface area contributed by atoms with Crippen LogP contribution >= 0.6 is 0 Å². The van der Waals surface area contributed by atoms with Gasteiger partial charge in [0.1, 0.15) is 0 Å². The van der Waals surface area contributed by atoms with E-state index in [1.807, 2.05) is 7.05 Å². The van der Waals surface area contributed by atoms with E-state index in [4.69, 9.17) is 0 Å². The first kappa shape index (κ1) is 12.2. The lowest BCUT2D eigenvalue weighted by Crippen LogP contribution is -2.18. The van der Waals surface area contributed by atoms with Gasteiger partial charge in [-0.1, -0.05) is 31.2 Å². The van der Waals surface area contributed by atoms with Gasteiger partial charge < -0.3 is 10.2 Å². The lowest BCUT2D eigenvalue weighted by Gasteiger charge is -2.15. The van der Waals surface area contributed by atoms with E-state index >= 15 is 0 Å². The molecule has 0 aliphatic rings. The molecule has 0 atom stereocenters. The van der Waals surface area contributed by atoms with E-state index in [1.165, 1.54) is 17.5 Å². The van der Waals surface area contributed by atoms with E-state index in [0.29, 0.717) is 0 Å². The van der Waals surface area contributed by atoms with Crippen LogP contribution in [0.15, 0.2) is 24.3 Å². The van der Waals surface area contributed by atoms with Gasteiger partial charge in [-0.2, -0.15) is 0 Å². The van der Waals surface area contributed by atoms with Crippen molar-refractivity contribution in [2.45, 2.75) is 26.4 Å². The third kappa shape index (κ3) is 4.45. The Labute approximate surface area is 93.3 Å². The summed E-state index contributed by atoms with van der Waals surface area (Å²) in [6, 6.07) is 8.79. The molecule has 2 heteroatoms. The number of hydrogen-bond acceptors (Lipinski definition) is 2. The van der Waals surface area contributed by atoms with Crippen LogP contribution in [-0.4, -0.2) is 25.5 Å². The average molecular weight is 206 g/mol. The van der Waals surface area contributed by atoms with Crippen molar-refractivity contribution in [3.8, 4) is 0 Å².